The molecule has 2 aromatic rings. The second-order valence-electron chi connectivity index (χ2n) is 5.73. The van der Waals surface area contributed by atoms with Crippen LogP contribution in [-0.4, -0.2) is 33.9 Å². The molecule has 2 heterocycles. The first kappa shape index (κ1) is 15.5. The normalized spacial score (nSPS) is 17.5. The van der Waals surface area contributed by atoms with E-state index in [1.807, 2.05) is 11.8 Å². The Morgan fingerprint density at radius 3 is 3.04 bits per heavy atom. The summed E-state index contributed by atoms with van der Waals surface area (Å²) in [5.41, 5.74) is 0.988. The number of aromatic amines is 1. The highest BCUT2D eigenvalue weighted by Gasteiger charge is 2.31. The van der Waals surface area contributed by atoms with Crippen LogP contribution < -0.4 is 4.74 Å². The summed E-state index contributed by atoms with van der Waals surface area (Å²) in [7, 11) is 0. The Morgan fingerprint density at radius 2 is 2.30 bits per heavy atom. The number of imidazole rings is 1. The highest BCUT2D eigenvalue weighted by atomic mass is 19.1. The number of carbonyl (C=O) groups is 1. The zero-order chi connectivity index (χ0) is 16.2. The number of H-pyrrole nitrogens is 1. The first-order valence-electron chi connectivity index (χ1n) is 7.83. The van der Waals surface area contributed by atoms with E-state index in [2.05, 4.69) is 9.97 Å². The standard InChI is InChI=1S/C17H20FN3O2/c1-12-11-19-17(20-12)14-6-4-9-21(14)16(22)8-10-23-15-7-3-2-5-13(15)18/h2-3,5,7,11,14H,4,6,8-10H2,1H3,(H,19,20)/t14-/m1/s1. The lowest BCUT2D eigenvalue weighted by molar-refractivity contribution is -0.132. The Labute approximate surface area is 134 Å². The van der Waals surface area contributed by atoms with Crippen molar-refractivity contribution in [2.45, 2.75) is 32.2 Å². The van der Waals surface area contributed by atoms with Crippen LogP contribution in [0.5, 0.6) is 5.75 Å². The summed E-state index contributed by atoms with van der Waals surface area (Å²) in [4.78, 5) is 21.8. The minimum absolute atomic E-state index is 0.00432. The summed E-state index contributed by atoms with van der Waals surface area (Å²) in [6, 6.07) is 6.21. The molecule has 1 amide bonds. The van der Waals surface area contributed by atoms with Crippen LogP contribution in [0.3, 0.4) is 0 Å². The van der Waals surface area contributed by atoms with Crippen LogP contribution in [0.1, 0.15) is 36.8 Å². The summed E-state index contributed by atoms with van der Waals surface area (Å²) in [6.07, 6.45) is 3.87. The highest BCUT2D eigenvalue weighted by molar-refractivity contribution is 5.77. The molecule has 0 radical (unpaired) electrons. The van der Waals surface area contributed by atoms with Crippen molar-refractivity contribution in [1.29, 1.82) is 0 Å². The number of ether oxygens (including phenoxy) is 1. The molecule has 1 N–H and O–H groups in total. The number of hydrogen-bond donors (Lipinski definition) is 1. The molecule has 1 fully saturated rings. The SMILES string of the molecule is Cc1cnc([C@H]2CCCN2C(=O)CCOc2ccccc2F)[nH]1. The van der Waals surface area contributed by atoms with Crippen LogP contribution in [0, 0.1) is 12.7 Å². The van der Waals surface area contributed by atoms with Gasteiger partial charge in [-0.1, -0.05) is 12.1 Å². The molecule has 6 heteroatoms. The van der Waals surface area contributed by atoms with Crippen LogP contribution in [-0.2, 0) is 4.79 Å². The third kappa shape index (κ3) is 3.52. The molecule has 0 saturated carbocycles. The van der Waals surface area contributed by atoms with Gasteiger partial charge in [0.15, 0.2) is 11.6 Å². The number of carbonyl (C=O) groups excluding carboxylic acids is 1. The lowest BCUT2D eigenvalue weighted by Crippen LogP contribution is -2.32. The quantitative estimate of drug-likeness (QED) is 0.922. The zero-order valence-corrected chi connectivity index (χ0v) is 13.1. The van der Waals surface area contributed by atoms with E-state index >= 15 is 0 Å². The van der Waals surface area contributed by atoms with E-state index in [1.54, 1.807) is 24.4 Å². The first-order valence-corrected chi connectivity index (χ1v) is 7.83. The van der Waals surface area contributed by atoms with Gasteiger partial charge in [0.25, 0.3) is 0 Å². The van der Waals surface area contributed by atoms with Gasteiger partial charge in [0.05, 0.1) is 19.1 Å². The minimum Gasteiger partial charge on any atom is -0.490 e. The van der Waals surface area contributed by atoms with E-state index < -0.39 is 5.82 Å². The second-order valence-corrected chi connectivity index (χ2v) is 5.73. The van der Waals surface area contributed by atoms with Crippen LogP contribution in [0.25, 0.3) is 0 Å². The summed E-state index contributed by atoms with van der Waals surface area (Å²) >= 11 is 0. The molecule has 1 aliphatic rings. The molecule has 1 atom stereocenters. The smallest absolute Gasteiger partial charge is 0.226 e. The summed E-state index contributed by atoms with van der Waals surface area (Å²) in [5, 5.41) is 0. The average molecular weight is 317 g/mol. The molecule has 5 nitrogen and oxygen atoms in total. The largest absolute Gasteiger partial charge is 0.490 e. The predicted octanol–water partition coefficient (Wildman–Crippen LogP) is 2.99. The van der Waals surface area contributed by atoms with E-state index in [-0.39, 0.29) is 30.7 Å². The number of aromatic nitrogens is 2. The number of halogens is 1. The number of nitrogens with zero attached hydrogens (tertiary/aromatic N) is 2. The molecule has 1 aromatic carbocycles. The molecule has 0 spiro atoms. The molecule has 3 rings (SSSR count). The minimum atomic E-state index is -0.412. The van der Waals surface area contributed by atoms with Crippen LogP contribution in [0.15, 0.2) is 30.5 Å². The van der Waals surface area contributed by atoms with Gasteiger partial charge in [-0.15, -0.1) is 0 Å². The molecule has 122 valence electrons. The van der Waals surface area contributed by atoms with Gasteiger partial charge in [-0.05, 0) is 31.9 Å². The number of para-hydroxylation sites is 1. The molecular formula is C17H20FN3O2. The van der Waals surface area contributed by atoms with Crippen molar-refractivity contribution < 1.29 is 13.9 Å². The molecule has 0 bridgehead atoms. The average Bonchev–Trinajstić information content (AvgIpc) is 3.17. The van der Waals surface area contributed by atoms with Crippen LogP contribution in [0.4, 0.5) is 4.39 Å². The third-order valence-corrected chi connectivity index (χ3v) is 4.02. The monoisotopic (exact) mass is 317 g/mol. The van der Waals surface area contributed by atoms with Crippen molar-refractivity contribution in [3.05, 3.63) is 47.8 Å². The van der Waals surface area contributed by atoms with Crippen LogP contribution >= 0.6 is 0 Å². The first-order chi connectivity index (χ1) is 11.1. The predicted molar refractivity (Wildman–Crippen MR) is 83.5 cm³/mol. The highest BCUT2D eigenvalue weighted by Crippen LogP contribution is 2.30. The van der Waals surface area contributed by atoms with Crippen molar-refractivity contribution >= 4 is 5.91 Å². The molecule has 1 aliphatic heterocycles. The topological polar surface area (TPSA) is 58.2 Å². The van der Waals surface area contributed by atoms with Crippen molar-refractivity contribution in [3.8, 4) is 5.75 Å². The number of nitrogens with one attached hydrogen (secondary N) is 1. The van der Waals surface area contributed by atoms with E-state index in [0.29, 0.717) is 0 Å². The molecule has 23 heavy (non-hydrogen) atoms. The maximum atomic E-state index is 13.5. The number of benzene rings is 1. The van der Waals surface area contributed by atoms with E-state index in [4.69, 9.17) is 4.74 Å². The van der Waals surface area contributed by atoms with Crippen molar-refractivity contribution in [3.63, 3.8) is 0 Å². The Morgan fingerprint density at radius 1 is 1.48 bits per heavy atom. The summed E-state index contributed by atoms with van der Waals surface area (Å²) in [5.74, 6) is 0.617. The maximum absolute atomic E-state index is 13.5. The number of rotatable bonds is 5. The Balaban J connectivity index is 1.56. The number of likely N-dealkylation sites (tertiary alicyclic amines) is 1. The fraction of sp³-hybridized carbons (Fsp3) is 0.412. The fourth-order valence-electron chi connectivity index (χ4n) is 2.91. The van der Waals surface area contributed by atoms with E-state index in [9.17, 15) is 9.18 Å². The van der Waals surface area contributed by atoms with Gasteiger partial charge in [0, 0.05) is 18.4 Å². The van der Waals surface area contributed by atoms with Crippen molar-refractivity contribution in [2.75, 3.05) is 13.2 Å². The van der Waals surface area contributed by atoms with Crippen LogP contribution in [0.2, 0.25) is 0 Å². The van der Waals surface area contributed by atoms with Gasteiger partial charge in [-0.3, -0.25) is 4.79 Å². The Bertz CT molecular complexity index is 686. The van der Waals surface area contributed by atoms with Gasteiger partial charge in [-0.25, -0.2) is 9.37 Å². The Hall–Kier alpha value is -2.37. The molecule has 0 aliphatic carbocycles. The van der Waals surface area contributed by atoms with Crippen molar-refractivity contribution in [2.24, 2.45) is 0 Å². The Kier molecular flexibility index (Phi) is 4.60. The molecule has 1 saturated heterocycles. The van der Waals surface area contributed by atoms with Gasteiger partial charge in [0.2, 0.25) is 5.91 Å². The zero-order valence-electron chi connectivity index (χ0n) is 13.1. The molecular weight excluding hydrogens is 297 g/mol. The second kappa shape index (κ2) is 6.81. The lowest BCUT2D eigenvalue weighted by Gasteiger charge is -2.23. The molecule has 1 aromatic heterocycles. The van der Waals surface area contributed by atoms with Gasteiger partial charge in [-0.2, -0.15) is 0 Å². The number of amides is 1. The number of hydrogen-bond acceptors (Lipinski definition) is 3. The molecule has 0 unspecified atom stereocenters. The van der Waals surface area contributed by atoms with Gasteiger partial charge in [0.1, 0.15) is 5.82 Å². The van der Waals surface area contributed by atoms with Gasteiger partial charge < -0.3 is 14.6 Å². The summed E-state index contributed by atoms with van der Waals surface area (Å²) < 4.78 is 18.8. The fourth-order valence-corrected chi connectivity index (χ4v) is 2.91. The maximum Gasteiger partial charge on any atom is 0.226 e. The van der Waals surface area contributed by atoms with Crippen molar-refractivity contribution in [1.82, 2.24) is 14.9 Å². The van der Waals surface area contributed by atoms with Gasteiger partial charge >= 0.3 is 0 Å². The summed E-state index contributed by atoms with van der Waals surface area (Å²) in [6.45, 7) is 2.84. The lowest BCUT2D eigenvalue weighted by atomic mass is 10.2. The van der Waals surface area contributed by atoms with E-state index in [0.717, 1.165) is 30.9 Å². The van der Waals surface area contributed by atoms with E-state index in [1.165, 1.54) is 6.07 Å². The third-order valence-electron chi connectivity index (χ3n) is 4.02. The number of aryl methyl sites for hydroxylation is 1.